The van der Waals surface area contributed by atoms with Crippen molar-refractivity contribution in [1.82, 2.24) is 4.57 Å². The molecule has 0 aliphatic heterocycles. The number of aromatic nitrogens is 4. The number of imidazole rings is 1. The number of pyridine rings is 2. The van der Waals surface area contributed by atoms with E-state index in [4.69, 9.17) is 0 Å². The highest BCUT2D eigenvalue weighted by molar-refractivity contribution is 5.84. The van der Waals surface area contributed by atoms with Gasteiger partial charge in [0, 0.05) is 58.4 Å². The van der Waals surface area contributed by atoms with Crippen LogP contribution in [-0.2, 0) is 21.1 Å². The third-order valence-corrected chi connectivity index (χ3v) is 15.5. The monoisotopic (exact) mass is 1060 g/mol. The fourth-order valence-electron chi connectivity index (χ4n) is 10.9. The molecule has 6 nitrogen and oxygen atoms in total. The highest BCUT2D eigenvalue weighted by atomic mass is 15.1. The van der Waals surface area contributed by atoms with Crippen molar-refractivity contribution in [3.05, 3.63) is 316 Å². The molecule has 3 aromatic heterocycles. The van der Waals surface area contributed by atoms with Gasteiger partial charge in [0.1, 0.15) is 32.2 Å². The summed E-state index contributed by atoms with van der Waals surface area (Å²) in [6, 6.07) is 99.2. The molecule has 3 heterocycles. The van der Waals surface area contributed by atoms with E-state index in [1.807, 2.05) is 21.1 Å². The van der Waals surface area contributed by atoms with Gasteiger partial charge in [0.25, 0.3) is 0 Å². The number of rotatable bonds is 14. The van der Waals surface area contributed by atoms with Gasteiger partial charge in [0.2, 0.25) is 6.33 Å². The lowest BCUT2D eigenvalue weighted by Gasteiger charge is -2.27. The first kappa shape index (κ1) is 50.8. The predicted molar refractivity (Wildman–Crippen MR) is 337 cm³/mol. The van der Waals surface area contributed by atoms with Crippen molar-refractivity contribution in [2.45, 2.75) is 0 Å². The predicted octanol–water partition coefficient (Wildman–Crippen LogP) is 17.6. The number of aryl methyl sites for hydroxylation is 3. The molecular weight excluding hydrogens is 997 g/mol. The van der Waals surface area contributed by atoms with Crippen LogP contribution in [0.3, 0.4) is 0 Å². The van der Waals surface area contributed by atoms with Crippen LogP contribution in [0.1, 0.15) is 0 Å². The lowest BCUT2D eigenvalue weighted by atomic mass is 9.99. The van der Waals surface area contributed by atoms with Gasteiger partial charge in [-0.1, -0.05) is 164 Å². The van der Waals surface area contributed by atoms with E-state index in [1.165, 1.54) is 61.2 Å². The van der Waals surface area contributed by atoms with Crippen molar-refractivity contribution in [1.29, 1.82) is 0 Å². The molecule has 0 radical (unpaired) electrons. The minimum absolute atomic E-state index is 1.07. The van der Waals surface area contributed by atoms with E-state index in [0.717, 1.165) is 56.5 Å². The second kappa shape index (κ2) is 22.6. The average Bonchev–Trinajstić information content (AvgIpc) is 4.13. The van der Waals surface area contributed by atoms with Gasteiger partial charge in [0.15, 0.2) is 24.8 Å². The van der Waals surface area contributed by atoms with E-state index in [2.05, 4.69) is 345 Å². The second-order valence-electron chi connectivity index (χ2n) is 21.0. The zero-order chi connectivity index (χ0) is 55.4. The Kier molecular flexibility index (Phi) is 14.0. The topological polar surface area (TPSA) is 23.1 Å². The van der Waals surface area contributed by atoms with Crippen molar-refractivity contribution in [3.8, 4) is 83.6 Å². The highest BCUT2D eigenvalue weighted by Crippen LogP contribution is 2.41. The first-order valence-electron chi connectivity index (χ1n) is 27.8. The normalized spacial score (nSPS) is 11.1. The molecule has 392 valence electrons. The van der Waals surface area contributed by atoms with Gasteiger partial charge < -0.3 is 9.80 Å². The summed E-state index contributed by atoms with van der Waals surface area (Å²) in [6.45, 7) is 0. The van der Waals surface area contributed by atoms with Crippen molar-refractivity contribution < 1.29 is 13.7 Å². The van der Waals surface area contributed by atoms with Crippen molar-refractivity contribution in [2.75, 3.05) is 9.80 Å². The second-order valence-corrected chi connectivity index (χ2v) is 21.0. The molecule has 0 amide bonds. The van der Waals surface area contributed by atoms with E-state index >= 15 is 0 Å². The third-order valence-electron chi connectivity index (χ3n) is 15.5. The van der Waals surface area contributed by atoms with E-state index in [9.17, 15) is 0 Å². The first-order valence-corrected chi connectivity index (χ1v) is 27.8. The molecule has 6 heteroatoms. The molecule has 0 saturated heterocycles. The molecule has 0 spiro atoms. The molecule has 10 aromatic carbocycles. The Morgan fingerprint density at radius 2 is 0.439 bits per heavy atom. The highest BCUT2D eigenvalue weighted by Gasteiger charge is 2.17. The Bertz CT molecular complexity index is 4100. The van der Waals surface area contributed by atoms with E-state index in [-0.39, 0.29) is 0 Å². The lowest BCUT2D eigenvalue weighted by Crippen LogP contribution is -2.25. The minimum Gasteiger partial charge on any atom is -0.311 e. The van der Waals surface area contributed by atoms with Gasteiger partial charge in [-0.25, -0.2) is 18.3 Å². The molecule has 82 heavy (non-hydrogen) atoms. The van der Waals surface area contributed by atoms with Crippen LogP contribution in [0, 0.1) is 0 Å². The maximum absolute atomic E-state index is 2.35. The maximum atomic E-state index is 2.35. The van der Waals surface area contributed by atoms with E-state index in [1.54, 1.807) is 0 Å². The molecule has 13 rings (SSSR count). The quantitative estimate of drug-likeness (QED) is 0.101. The Balaban J connectivity index is 0.791. The molecule has 0 unspecified atom stereocenters. The van der Waals surface area contributed by atoms with Crippen molar-refractivity contribution in [3.63, 3.8) is 0 Å². The molecule has 0 N–H and O–H groups in total. The Morgan fingerprint density at radius 3 is 0.683 bits per heavy atom. The average molecular weight is 1060 g/mol. The van der Waals surface area contributed by atoms with Gasteiger partial charge in [-0.3, -0.25) is 0 Å². The standard InChI is InChI=1S/C76H61N6/c1-77-49-45-68(46-50-77)59-13-9-57(10-14-59)63-21-35-72(36-22-63)82(73-37-23-64(24-38-73)58-11-15-60(16-12-58)69-47-51-78(2)52-48-69)76-43-29-67(30-44-76)66-27-41-75(42-28-66)81(71-33-19-61(20-34-71)56-7-5-4-6-8-56)74-39-25-65(26-40-74)62-17-31-70(32-18-62)80-54-53-79(3)55-80/h4-55H,1-3H3/q+3. The lowest BCUT2D eigenvalue weighted by molar-refractivity contribution is -0.671. The van der Waals surface area contributed by atoms with E-state index in [0.29, 0.717) is 0 Å². The van der Waals surface area contributed by atoms with Crippen LogP contribution in [0.25, 0.3) is 83.6 Å². The van der Waals surface area contributed by atoms with Crippen molar-refractivity contribution >= 4 is 34.1 Å². The van der Waals surface area contributed by atoms with Crippen LogP contribution < -0.4 is 23.5 Å². The number of benzene rings is 10. The molecule has 0 aliphatic carbocycles. The van der Waals surface area contributed by atoms with Crippen LogP contribution in [0.5, 0.6) is 0 Å². The fourth-order valence-corrected chi connectivity index (χ4v) is 10.9. The maximum Gasteiger partial charge on any atom is 0.248 e. The molecular formula is C76H61N6+3. The summed E-state index contributed by atoms with van der Waals surface area (Å²) in [7, 11) is 6.13. The Morgan fingerprint density at radius 1 is 0.220 bits per heavy atom. The Hall–Kier alpha value is -10.7. The zero-order valence-electron chi connectivity index (χ0n) is 46.2. The number of nitrogens with zero attached hydrogens (tertiary/aromatic N) is 6. The van der Waals surface area contributed by atoms with Gasteiger partial charge in [-0.2, -0.15) is 0 Å². The molecule has 0 atom stereocenters. The number of anilines is 6. The number of hydrogen-bond donors (Lipinski definition) is 0. The van der Waals surface area contributed by atoms with Crippen LogP contribution >= 0.6 is 0 Å². The largest absolute Gasteiger partial charge is 0.311 e. The Labute approximate surface area is 480 Å². The summed E-state index contributed by atoms with van der Waals surface area (Å²) in [6.07, 6.45) is 14.5. The fraction of sp³-hybridized carbons (Fsp3) is 0.0395. The summed E-state index contributed by atoms with van der Waals surface area (Å²) >= 11 is 0. The van der Waals surface area contributed by atoms with Crippen LogP contribution in [-0.4, -0.2) is 4.57 Å². The minimum atomic E-state index is 1.07. The molecule has 13 aromatic rings. The summed E-state index contributed by atoms with van der Waals surface area (Å²) in [5, 5.41) is 0. The SMILES string of the molecule is C[n+]1ccc(-c2ccc(-c3ccc(N(c4ccc(-c5ccc(-c6cc[n+](C)cc6)cc5)cc4)c4ccc(-c5ccc(N(c6ccc(-c7ccccc7)cc6)c6ccc(-c7ccc(-n8cc[n+](C)c8)cc7)cc6)cc5)cc4)cc3)cc2)cc1. The molecule has 0 bridgehead atoms. The summed E-state index contributed by atoms with van der Waals surface area (Å²) in [5.74, 6) is 0. The molecule has 0 fully saturated rings. The smallest absolute Gasteiger partial charge is 0.248 e. The van der Waals surface area contributed by atoms with Gasteiger partial charge in [-0.05, 0) is 163 Å². The summed E-state index contributed by atoms with van der Waals surface area (Å²) < 4.78 is 8.30. The number of hydrogen-bond acceptors (Lipinski definition) is 2. The van der Waals surface area contributed by atoms with Crippen LogP contribution in [0.15, 0.2) is 316 Å². The summed E-state index contributed by atoms with van der Waals surface area (Å²) in [5.41, 5.74) is 24.1. The third kappa shape index (κ3) is 10.9. The molecule has 0 saturated carbocycles. The zero-order valence-corrected chi connectivity index (χ0v) is 46.2. The molecule has 0 aliphatic rings. The first-order chi connectivity index (χ1) is 40.3. The van der Waals surface area contributed by atoms with Gasteiger partial charge in [0.05, 0.1) is 7.05 Å². The van der Waals surface area contributed by atoms with Crippen molar-refractivity contribution in [2.24, 2.45) is 21.1 Å². The van der Waals surface area contributed by atoms with Crippen LogP contribution in [0.2, 0.25) is 0 Å². The van der Waals surface area contributed by atoms with E-state index < -0.39 is 0 Å². The van der Waals surface area contributed by atoms with Gasteiger partial charge >= 0.3 is 0 Å². The summed E-state index contributed by atoms with van der Waals surface area (Å²) in [4.78, 5) is 4.69. The van der Waals surface area contributed by atoms with Gasteiger partial charge in [-0.15, -0.1) is 0 Å². The van der Waals surface area contributed by atoms with Crippen LogP contribution in [0.4, 0.5) is 34.1 Å².